The summed E-state index contributed by atoms with van der Waals surface area (Å²) in [5.41, 5.74) is -0.132. The van der Waals surface area contributed by atoms with Crippen molar-refractivity contribution in [3.63, 3.8) is 0 Å². The Balaban J connectivity index is 2.18. The molecule has 0 unspecified atom stereocenters. The van der Waals surface area contributed by atoms with E-state index in [9.17, 15) is 13.6 Å². The number of halogens is 3. The van der Waals surface area contributed by atoms with E-state index in [1.165, 1.54) is 4.90 Å². The molecule has 92 valence electrons. The number of ether oxygens (including phenoxy) is 1. The number of methoxy groups -OCH3 is 1. The van der Waals surface area contributed by atoms with Crippen LogP contribution in [0.15, 0.2) is 16.6 Å². The Morgan fingerprint density at radius 2 is 2.06 bits per heavy atom. The molecular formula is C11H10BrF2NO2. The number of hydrogen-bond donors (Lipinski definition) is 0. The van der Waals surface area contributed by atoms with Gasteiger partial charge in [-0.3, -0.25) is 4.79 Å². The maximum absolute atomic E-state index is 13.4. The lowest BCUT2D eigenvalue weighted by molar-refractivity contribution is -0.0194. The largest absolute Gasteiger partial charge is 0.378 e. The maximum atomic E-state index is 13.4. The van der Waals surface area contributed by atoms with Crippen molar-refractivity contribution in [1.82, 2.24) is 4.90 Å². The third-order valence-corrected chi connectivity index (χ3v) is 3.32. The normalized spacial score (nSPS) is 15.9. The molecule has 0 radical (unpaired) electrons. The summed E-state index contributed by atoms with van der Waals surface area (Å²) in [6.45, 7) is 0.869. The predicted octanol–water partition coefficient (Wildman–Crippen LogP) is 2.20. The Morgan fingerprint density at radius 1 is 1.41 bits per heavy atom. The van der Waals surface area contributed by atoms with Gasteiger partial charge >= 0.3 is 0 Å². The Morgan fingerprint density at radius 3 is 2.65 bits per heavy atom. The van der Waals surface area contributed by atoms with Gasteiger partial charge in [-0.1, -0.05) is 0 Å². The number of nitrogens with zero attached hydrogens (tertiary/aromatic N) is 1. The molecule has 1 heterocycles. The standard InChI is InChI=1S/C11H10BrF2NO2/c1-17-6-4-15(5-6)11(16)7-2-8(12)10(14)3-9(7)13/h2-3,6H,4-5H2,1H3. The van der Waals surface area contributed by atoms with Crippen LogP contribution in [0.4, 0.5) is 8.78 Å². The Hall–Kier alpha value is -1.01. The zero-order chi connectivity index (χ0) is 12.6. The smallest absolute Gasteiger partial charge is 0.257 e. The molecule has 6 heteroatoms. The summed E-state index contributed by atoms with van der Waals surface area (Å²) in [6.07, 6.45) is 0.00546. The van der Waals surface area contributed by atoms with Crippen molar-refractivity contribution in [2.24, 2.45) is 0 Å². The second-order valence-electron chi connectivity index (χ2n) is 3.81. The van der Waals surface area contributed by atoms with E-state index in [-0.39, 0.29) is 16.1 Å². The average molecular weight is 306 g/mol. The fraction of sp³-hybridized carbons (Fsp3) is 0.364. The zero-order valence-electron chi connectivity index (χ0n) is 9.04. The highest BCUT2D eigenvalue weighted by Gasteiger charge is 2.32. The molecule has 1 aromatic rings. The fourth-order valence-electron chi connectivity index (χ4n) is 1.61. The minimum Gasteiger partial charge on any atom is -0.378 e. The van der Waals surface area contributed by atoms with Crippen molar-refractivity contribution >= 4 is 21.8 Å². The van der Waals surface area contributed by atoms with Crippen LogP contribution in [-0.4, -0.2) is 37.1 Å². The molecule has 1 amide bonds. The number of hydrogen-bond acceptors (Lipinski definition) is 2. The van der Waals surface area contributed by atoms with E-state index in [0.29, 0.717) is 19.2 Å². The summed E-state index contributed by atoms with van der Waals surface area (Å²) in [5, 5.41) is 0. The van der Waals surface area contributed by atoms with E-state index in [2.05, 4.69) is 15.9 Å². The van der Waals surface area contributed by atoms with Gasteiger partial charge in [0, 0.05) is 26.3 Å². The maximum Gasteiger partial charge on any atom is 0.257 e. The van der Waals surface area contributed by atoms with E-state index in [1.807, 2.05) is 0 Å². The highest BCUT2D eigenvalue weighted by molar-refractivity contribution is 9.10. The van der Waals surface area contributed by atoms with Gasteiger partial charge in [-0.25, -0.2) is 8.78 Å². The number of carbonyl (C=O) groups excluding carboxylic acids is 1. The third-order valence-electron chi connectivity index (χ3n) is 2.71. The van der Waals surface area contributed by atoms with Crippen LogP contribution in [0.2, 0.25) is 0 Å². The molecule has 1 aliphatic heterocycles. The molecule has 1 saturated heterocycles. The molecule has 0 aromatic heterocycles. The number of likely N-dealkylation sites (tertiary alicyclic amines) is 1. The lowest BCUT2D eigenvalue weighted by Crippen LogP contribution is -2.54. The SMILES string of the molecule is COC1CN(C(=O)c2cc(Br)c(F)cc2F)C1. The van der Waals surface area contributed by atoms with Gasteiger partial charge in [0.05, 0.1) is 16.1 Å². The molecule has 0 bridgehead atoms. The number of carbonyl (C=O) groups is 1. The quantitative estimate of drug-likeness (QED) is 0.784. The summed E-state index contributed by atoms with van der Waals surface area (Å²) in [5.74, 6) is -2.02. The van der Waals surface area contributed by atoms with E-state index in [4.69, 9.17) is 4.74 Å². The highest BCUT2D eigenvalue weighted by Crippen LogP contribution is 2.23. The van der Waals surface area contributed by atoms with Crippen molar-refractivity contribution in [3.05, 3.63) is 33.8 Å². The van der Waals surface area contributed by atoms with E-state index < -0.39 is 17.5 Å². The van der Waals surface area contributed by atoms with Gasteiger partial charge in [0.2, 0.25) is 0 Å². The molecule has 1 fully saturated rings. The first-order valence-electron chi connectivity index (χ1n) is 4.99. The van der Waals surface area contributed by atoms with Crippen LogP contribution in [-0.2, 0) is 4.74 Å². The molecular weight excluding hydrogens is 296 g/mol. The average Bonchev–Trinajstić information content (AvgIpc) is 2.21. The lowest BCUT2D eigenvalue weighted by Gasteiger charge is -2.38. The molecule has 0 atom stereocenters. The van der Waals surface area contributed by atoms with Crippen LogP contribution >= 0.6 is 15.9 Å². The van der Waals surface area contributed by atoms with Crippen molar-refractivity contribution in [2.75, 3.05) is 20.2 Å². The molecule has 0 aliphatic carbocycles. The van der Waals surface area contributed by atoms with Crippen LogP contribution in [0.3, 0.4) is 0 Å². The van der Waals surface area contributed by atoms with Crippen LogP contribution in [0.5, 0.6) is 0 Å². The highest BCUT2D eigenvalue weighted by atomic mass is 79.9. The molecule has 0 saturated carbocycles. The van der Waals surface area contributed by atoms with Gasteiger partial charge in [0.25, 0.3) is 5.91 Å². The van der Waals surface area contributed by atoms with Crippen molar-refractivity contribution in [1.29, 1.82) is 0 Å². The lowest BCUT2D eigenvalue weighted by atomic mass is 10.1. The third kappa shape index (κ3) is 2.32. The Labute approximate surface area is 105 Å². The van der Waals surface area contributed by atoms with Gasteiger partial charge in [0.15, 0.2) is 0 Å². The number of rotatable bonds is 2. The first-order valence-corrected chi connectivity index (χ1v) is 5.79. The van der Waals surface area contributed by atoms with E-state index >= 15 is 0 Å². The summed E-state index contributed by atoms with van der Waals surface area (Å²) >= 11 is 2.93. The van der Waals surface area contributed by atoms with Crippen molar-refractivity contribution in [3.8, 4) is 0 Å². The van der Waals surface area contributed by atoms with Crippen LogP contribution in [0.1, 0.15) is 10.4 Å². The number of benzene rings is 1. The Bertz CT molecular complexity index is 461. The molecule has 1 aliphatic rings. The van der Waals surface area contributed by atoms with E-state index in [1.54, 1.807) is 7.11 Å². The monoisotopic (exact) mass is 305 g/mol. The van der Waals surface area contributed by atoms with Crippen molar-refractivity contribution < 1.29 is 18.3 Å². The minimum atomic E-state index is -0.850. The second-order valence-corrected chi connectivity index (χ2v) is 4.67. The molecule has 3 nitrogen and oxygen atoms in total. The molecule has 0 N–H and O–H groups in total. The topological polar surface area (TPSA) is 29.5 Å². The predicted molar refractivity (Wildman–Crippen MR) is 60.8 cm³/mol. The molecule has 0 spiro atoms. The Kier molecular flexibility index (Phi) is 3.44. The van der Waals surface area contributed by atoms with Crippen molar-refractivity contribution in [2.45, 2.75) is 6.10 Å². The van der Waals surface area contributed by atoms with Crippen LogP contribution in [0.25, 0.3) is 0 Å². The van der Waals surface area contributed by atoms with Gasteiger partial charge in [-0.2, -0.15) is 0 Å². The van der Waals surface area contributed by atoms with E-state index in [0.717, 1.165) is 6.07 Å². The molecule has 17 heavy (non-hydrogen) atoms. The number of amides is 1. The minimum absolute atomic E-state index is 0.00546. The first kappa shape index (κ1) is 12.4. The van der Waals surface area contributed by atoms with Crippen LogP contribution in [0, 0.1) is 11.6 Å². The first-order chi connectivity index (χ1) is 8.02. The summed E-state index contributed by atoms with van der Waals surface area (Å²) < 4.78 is 31.5. The van der Waals surface area contributed by atoms with Gasteiger partial charge < -0.3 is 9.64 Å². The molecule has 2 rings (SSSR count). The second kappa shape index (κ2) is 4.70. The van der Waals surface area contributed by atoms with Gasteiger partial charge in [-0.15, -0.1) is 0 Å². The summed E-state index contributed by atoms with van der Waals surface area (Å²) in [4.78, 5) is 13.3. The molecule has 1 aromatic carbocycles. The fourth-order valence-corrected chi connectivity index (χ4v) is 1.95. The zero-order valence-corrected chi connectivity index (χ0v) is 10.6. The van der Waals surface area contributed by atoms with Crippen LogP contribution < -0.4 is 0 Å². The van der Waals surface area contributed by atoms with Gasteiger partial charge in [0.1, 0.15) is 11.6 Å². The summed E-state index contributed by atoms with van der Waals surface area (Å²) in [6, 6.07) is 1.86. The summed E-state index contributed by atoms with van der Waals surface area (Å²) in [7, 11) is 1.56. The van der Waals surface area contributed by atoms with Gasteiger partial charge in [-0.05, 0) is 22.0 Å².